The van der Waals surface area contributed by atoms with Crippen LogP contribution < -0.4 is 5.32 Å². The lowest BCUT2D eigenvalue weighted by atomic mass is 10.2. The number of hydrogen-bond donors (Lipinski definition) is 2. The van der Waals surface area contributed by atoms with Crippen LogP contribution in [0.15, 0.2) is 36.5 Å². The molecular formula is C15H14ClN5. The quantitative estimate of drug-likeness (QED) is 0.741. The van der Waals surface area contributed by atoms with Crippen molar-refractivity contribution in [2.75, 3.05) is 5.32 Å². The Kier molecular flexibility index (Phi) is 4.75. The van der Waals surface area contributed by atoms with Gasteiger partial charge in [-0.3, -0.25) is 10.1 Å². The fourth-order valence-electron chi connectivity index (χ4n) is 1.76. The Bertz CT molecular complexity index is 788. The third kappa shape index (κ3) is 3.12. The standard InChI is InChI=1S/C13H8ClN5.C2H6/c14-10-6-9(4-3-8(10)7-15)17-13-12-11(18-19-13)2-1-5-16-12;1-2/h1-6H,(H2,17,18,19);1-2H3. The molecule has 0 amide bonds. The molecule has 0 bridgehead atoms. The highest BCUT2D eigenvalue weighted by atomic mass is 35.5. The fraction of sp³-hybridized carbons (Fsp3) is 0.133. The highest BCUT2D eigenvalue weighted by Gasteiger charge is 2.07. The molecule has 0 saturated carbocycles. The first-order valence-electron chi connectivity index (χ1n) is 6.53. The summed E-state index contributed by atoms with van der Waals surface area (Å²) in [5, 5.41) is 19.4. The van der Waals surface area contributed by atoms with Gasteiger partial charge in [-0.1, -0.05) is 25.4 Å². The number of aromatic nitrogens is 3. The van der Waals surface area contributed by atoms with E-state index in [0.717, 1.165) is 16.7 Å². The maximum absolute atomic E-state index is 8.83. The van der Waals surface area contributed by atoms with Gasteiger partial charge in [0.05, 0.1) is 16.1 Å². The number of H-pyrrole nitrogens is 1. The molecule has 2 N–H and O–H groups in total. The number of halogens is 1. The molecule has 0 atom stereocenters. The minimum absolute atomic E-state index is 0.403. The van der Waals surface area contributed by atoms with Crippen molar-refractivity contribution < 1.29 is 0 Å². The average molecular weight is 300 g/mol. The Hall–Kier alpha value is -2.58. The smallest absolute Gasteiger partial charge is 0.178 e. The zero-order valence-electron chi connectivity index (χ0n) is 11.7. The number of rotatable bonds is 2. The number of benzene rings is 1. The molecule has 2 aromatic heterocycles. The van der Waals surface area contributed by atoms with E-state index in [9.17, 15) is 0 Å². The summed E-state index contributed by atoms with van der Waals surface area (Å²) in [5.41, 5.74) is 2.80. The number of hydrogen-bond acceptors (Lipinski definition) is 4. The second kappa shape index (κ2) is 6.73. The average Bonchev–Trinajstić information content (AvgIpc) is 2.93. The van der Waals surface area contributed by atoms with E-state index in [1.807, 2.05) is 32.0 Å². The van der Waals surface area contributed by atoms with Gasteiger partial charge in [0.25, 0.3) is 0 Å². The molecule has 0 aliphatic heterocycles. The molecule has 1 aromatic carbocycles. The number of fused-ring (bicyclic) bond motifs is 1. The van der Waals surface area contributed by atoms with Gasteiger partial charge in [-0.25, -0.2) is 0 Å². The van der Waals surface area contributed by atoms with Crippen molar-refractivity contribution in [1.29, 1.82) is 5.26 Å². The molecule has 3 aromatic rings. The molecule has 6 heteroatoms. The molecule has 3 rings (SSSR count). The van der Waals surface area contributed by atoms with Crippen LogP contribution in [0.2, 0.25) is 5.02 Å². The van der Waals surface area contributed by atoms with Crippen molar-refractivity contribution in [3.05, 3.63) is 47.1 Å². The van der Waals surface area contributed by atoms with Crippen molar-refractivity contribution >= 4 is 34.1 Å². The number of nitrogens with one attached hydrogen (secondary N) is 2. The molecule has 21 heavy (non-hydrogen) atoms. The van der Waals surface area contributed by atoms with E-state index in [-0.39, 0.29) is 0 Å². The zero-order chi connectivity index (χ0) is 15.2. The predicted molar refractivity (Wildman–Crippen MR) is 84.7 cm³/mol. The predicted octanol–water partition coefficient (Wildman–Crippen LogP) is 4.25. The summed E-state index contributed by atoms with van der Waals surface area (Å²) in [6.45, 7) is 4.00. The van der Waals surface area contributed by atoms with Crippen molar-refractivity contribution in [3.8, 4) is 6.07 Å². The second-order valence-corrected chi connectivity index (χ2v) is 4.31. The van der Waals surface area contributed by atoms with Crippen LogP contribution >= 0.6 is 11.6 Å². The molecule has 2 heterocycles. The van der Waals surface area contributed by atoms with Gasteiger partial charge in [0, 0.05) is 11.9 Å². The Morgan fingerprint density at radius 3 is 2.81 bits per heavy atom. The molecular weight excluding hydrogens is 286 g/mol. The van der Waals surface area contributed by atoms with Crippen LogP contribution in [0.25, 0.3) is 11.0 Å². The van der Waals surface area contributed by atoms with E-state index in [0.29, 0.717) is 16.4 Å². The van der Waals surface area contributed by atoms with E-state index >= 15 is 0 Å². The van der Waals surface area contributed by atoms with Gasteiger partial charge in [-0.05, 0) is 30.3 Å². The van der Waals surface area contributed by atoms with Gasteiger partial charge in [-0.2, -0.15) is 10.4 Å². The third-order valence-corrected chi connectivity index (χ3v) is 2.99. The summed E-state index contributed by atoms with van der Waals surface area (Å²) in [6.07, 6.45) is 1.70. The largest absolute Gasteiger partial charge is 0.337 e. The minimum atomic E-state index is 0.403. The third-order valence-electron chi connectivity index (χ3n) is 2.67. The van der Waals surface area contributed by atoms with Crippen LogP contribution in [0.3, 0.4) is 0 Å². The zero-order valence-corrected chi connectivity index (χ0v) is 12.4. The molecule has 0 saturated heterocycles. The molecule has 0 aliphatic carbocycles. The molecule has 0 spiro atoms. The maximum atomic E-state index is 8.83. The molecule has 106 valence electrons. The molecule has 0 aliphatic rings. The Morgan fingerprint density at radius 2 is 2.10 bits per heavy atom. The Balaban J connectivity index is 0.000000774. The first kappa shape index (κ1) is 14.8. The molecule has 0 fully saturated rings. The van der Waals surface area contributed by atoms with Gasteiger partial charge in [0.2, 0.25) is 0 Å². The van der Waals surface area contributed by atoms with Crippen LogP contribution in [0.1, 0.15) is 19.4 Å². The van der Waals surface area contributed by atoms with E-state index in [4.69, 9.17) is 16.9 Å². The van der Waals surface area contributed by atoms with Crippen LogP contribution in [0.5, 0.6) is 0 Å². The van der Waals surface area contributed by atoms with Gasteiger partial charge in [-0.15, -0.1) is 0 Å². The van der Waals surface area contributed by atoms with E-state index < -0.39 is 0 Å². The van der Waals surface area contributed by atoms with E-state index in [1.54, 1.807) is 24.4 Å². The number of anilines is 2. The fourth-order valence-corrected chi connectivity index (χ4v) is 1.98. The number of nitriles is 1. The van der Waals surface area contributed by atoms with Crippen molar-refractivity contribution in [3.63, 3.8) is 0 Å². The number of nitrogens with zero attached hydrogens (tertiary/aromatic N) is 3. The van der Waals surface area contributed by atoms with E-state index in [2.05, 4.69) is 20.5 Å². The highest BCUT2D eigenvalue weighted by Crippen LogP contribution is 2.25. The lowest BCUT2D eigenvalue weighted by molar-refractivity contribution is 1.12. The van der Waals surface area contributed by atoms with Gasteiger partial charge < -0.3 is 5.32 Å². The first-order valence-corrected chi connectivity index (χ1v) is 6.91. The molecule has 0 radical (unpaired) electrons. The van der Waals surface area contributed by atoms with Crippen molar-refractivity contribution in [2.24, 2.45) is 0 Å². The second-order valence-electron chi connectivity index (χ2n) is 3.90. The summed E-state index contributed by atoms with van der Waals surface area (Å²) >= 11 is 5.98. The lowest BCUT2D eigenvalue weighted by Gasteiger charge is -2.04. The topological polar surface area (TPSA) is 77.4 Å². The Morgan fingerprint density at radius 1 is 1.29 bits per heavy atom. The van der Waals surface area contributed by atoms with Gasteiger partial charge in [0.15, 0.2) is 5.82 Å². The highest BCUT2D eigenvalue weighted by molar-refractivity contribution is 6.32. The van der Waals surface area contributed by atoms with Crippen LogP contribution in [-0.2, 0) is 0 Å². The SMILES string of the molecule is CC.N#Cc1ccc(Nc2n[nH]c3cccnc23)cc1Cl. The van der Waals surface area contributed by atoms with Crippen LogP contribution in [0, 0.1) is 11.3 Å². The number of pyridine rings is 1. The van der Waals surface area contributed by atoms with Crippen LogP contribution in [0.4, 0.5) is 11.5 Å². The Labute approximate surface area is 127 Å². The summed E-state index contributed by atoms with van der Waals surface area (Å²) in [7, 11) is 0. The number of aromatic amines is 1. The monoisotopic (exact) mass is 299 g/mol. The summed E-state index contributed by atoms with van der Waals surface area (Å²) in [6, 6.07) is 10.9. The van der Waals surface area contributed by atoms with E-state index in [1.165, 1.54) is 0 Å². The van der Waals surface area contributed by atoms with Gasteiger partial charge >= 0.3 is 0 Å². The first-order chi connectivity index (χ1) is 10.3. The summed E-state index contributed by atoms with van der Waals surface area (Å²) in [4.78, 5) is 4.25. The normalized spacial score (nSPS) is 9.62. The van der Waals surface area contributed by atoms with Gasteiger partial charge in [0.1, 0.15) is 11.6 Å². The molecule has 5 nitrogen and oxygen atoms in total. The molecule has 0 unspecified atom stereocenters. The van der Waals surface area contributed by atoms with Crippen LogP contribution in [-0.4, -0.2) is 15.2 Å². The lowest BCUT2D eigenvalue weighted by Crippen LogP contribution is -1.92. The maximum Gasteiger partial charge on any atom is 0.178 e. The summed E-state index contributed by atoms with van der Waals surface area (Å²) < 4.78 is 0. The van der Waals surface area contributed by atoms with Crippen molar-refractivity contribution in [1.82, 2.24) is 15.2 Å². The minimum Gasteiger partial charge on any atom is -0.337 e. The van der Waals surface area contributed by atoms with Crippen molar-refractivity contribution in [2.45, 2.75) is 13.8 Å². The summed E-state index contributed by atoms with van der Waals surface area (Å²) in [5.74, 6) is 0.622.